The van der Waals surface area contributed by atoms with E-state index in [1.54, 1.807) is 6.07 Å². The number of amides is 1. The Kier molecular flexibility index (Phi) is 4.51. The molecule has 5 nitrogen and oxygen atoms in total. The fourth-order valence-corrected chi connectivity index (χ4v) is 3.25. The Bertz CT molecular complexity index is 819. The van der Waals surface area contributed by atoms with Crippen molar-refractivity contribution in [1.29, 1.82) is 0 Å². The van der Waals surface area contributed by atoms with Gasteiger partial charge in [0.25, 0.3) is 5.56 Å². The number of carbonyl (C=O) groups is 1. The van der Waals surface area contributed by atoms with Gasteiger partial charge >= 0.3 is 0 Å². The van der Waals surface area contributed by atoms with Crippen molar-refractivity contribution in [2.75, 3.05) is 5.32 Å². The molecule has 1 heterocycles. The van der Waals surface area contributed by atoms with E-state index in [-0.39, 0.29) is 18.0 Å². The zero-order valence-electron chi connectivity index (χ0n) is 14.4. The molecule has 1 aromatic carbocycles. The number of hydrogen-bond acceptors (Lipinski definition) is 3. The van der Waals surface area contributed by atoms with Gasteiger partial charge in [-0.2, -0.15) is 5.10 Å². The molecule has 1 aliphatic rings. The highest BCUT2D eigenvalue weighted by Gasteiger charge is 2.19. The molecular formula is C19H23N3O2. The number of aryl methyl sites for hydroxylation is 3. The maximum atomic E-state index is 12.3. The smallest absolute Gasteiger partial charge is 0.267 e. The minimum atomic E-state index is -0.230. The molecule has 1 atom stereocenters. The van der Waals surface area contributed by atoms with Crippen molar-refractivity contribution in [2.45, 2.75) is 46.6 Å². The summed E-state index contributed by atoms with van der Waals surface area (Å²) in [7, 11) is 0. The van der Waals surface area contributed by atoms with Crippen LogP contribution >= 0.6 is 0 Å². The quantitative estimate of drug-likeness (QED) is 0.943. The molecule has 0 radical (unpaired) electrons. The predicted molar refractivity (Wildman–Crippen MR) is 94.2 cm³/mol. The monoisotopic (exact) mass is 325 g/mol. The zero-order valence-corrected chi connectivity index (χ0v) is 14.4. The molecule has 1 amide bonds. The lowest BCUT2D eigenvalue weighted by atomic mass is 9.88. The Balaban J connectivity index is 1.79. The SMILES string of the molecule is Cc1cccc(C)c1NC(=O)Cn1nc2c(cc1=O)CC(C)CC2. The number of nitrogens with zero attached hydrogens (tertiary/aromatic N) is 2. The maximum Gasteiger partial charge on any atom is 0.267 e. The lowest BCUT2D eigenvalue weighted by Gasteiger charge is -2.21. The van der Waals surface area contributed by atoms with E-state index in [0.717, 1.165) is 47.3 Å². The molecule has 0 saturated heterocycles. The molecular weight excluding hydrogens is 302 g/mol. The van der Waals surface area contributed by atoms with Gasteiger partial charge in [-0.05, 0) is 55.7 Å². The van der Waals surface area contributed by atoms with E-state index >= 15 is 0 Å². The molecule has 0 fully saturated rings. The first-order chi connectivity index (χ1) is 11.4. The molecule has 3 rings (SSSR count). The summed E-state index contributed by atoms with van der Waals surface area (Å²) in [5.74, 6) is 0.355. The fourth-order valence-electron chi connectivity index (χ4n) is 3.25. The van der Waals surface area contributed by atoms with Crippen LogP contribution in [0.2, 0.25) is 0 Å². The van der Waals surface area contributed by atoms with Gasteiger partial charge in [0, 0.05) is 11.8 Å². The number of fused-ring (bicyclic) bond motifs is 1. The summed E-state index contributed by atoms with van der Waals surface area (Å²) in [6, 6.07) is 7.50. The minimum absolute atomic E-state index is 0.0601. The van der Waals surface area contributed by atoms with E-state index in [9.17, 15) is 9.59 Å². The Morgan fingerprint density at radius 2 is 2.04 bits per heavy atom. The van der Waals surface area contributed by atoms with Crippen LogP contribution < -0.4 is 10.9 Å². The standard InChI is InChI=1S/C19H23N3O2/c1-12-7-8-16-15(9-12)10-18(24)22(21-16)11-17(23)20-19-13(2)5-4-6-14(19)3/h4-6,10,12H,7-9,11H2,1-3H3,(H,20,23). The van der Waals surface area contributed by atoms with Gasteiger partial charge < -0.3 is 5.32 Å². The summed E-state index contributed by atoms with van der Waals surface area (Å²) in [5, 5.41) is 7.32. The van der Waals surface area contributed by atoms with Crippen LogP contribution in [-0.2, 0) is 24.2 Å². The van der Waals surface area contributed by atoms with Crippen molar-refractivity contribution < 1.29 is 4.79 Å². The van der Waals surface area contributed by atoms with Crippen LogP contribution in [0.25, 0.3) is 0 Å². The highest BCUT2D eigenvalue weighted by Crippen LogP contribution is 2.22. The molecule has 5 heteroatoms. The fraction of sp³-hybridized carbons (Fsp3) is 0.421. The number of rotatable bonds is 3. The summed E-state index contributed by atoms with van der Waals surface area (Å²) in [5.41, 5.74) is 4.59. The molecule has 1 aliphatic carbocycles. The topological polar surface area (TPSA) is 64.0 Å². The van der Waals surface area contributed by atoms with Gasteiger partial charge in [0.2, 0.25) is 5.91 Å². The second-order valence-electron chi connectivity index (χ2n) is 6.78. The number of aromatic nitrogens is 2. The summed E-state index contributed by atoms with van der Waals surface area (Å²) < 4.78 is 1.28. The van der Waals surface area contributed by atoms with Gasteiger partial charge in [-0.25, -0.2) is 4.68 Å². The zero-order chi connectivity index (χ0) is 17.3. The first-order valence-corrected chi connectivity index (χ1v) is 8.40. The highest BCUT2D eigenvalue weighted by atomic mass is 16.2. The lowest BCUT2D eigenvalue weighted by Crippen LogP contribution is -2.32. The normalized spacial score (nSPS) is 16.5. The van der Waals surface area contributed by atoms with Crippen LogP contribution in [0.3, 0.4) is 0 Å². The van der Waals surface area contributed by atoms with E-state index in [1.807, 2.05) is 32.0 Å². The van der Waals surface area contributed by atoms with Crippen molar-refractivity contribution in [3.63, 3.8) is 0 Å². The first kappa shape index (κ1) is 16.4. The van der Waals surface area contributed by atoms with E-state index in [1.165, 1.54) is 4.68 Å². The number of benzene rings is 1. The molecule has 1 aromatic heterocycles. The van der Waals surface area contributed by atoms with Crippen LogP contribution in [0.1, 0.15) is 35.7 Å². The Labute approximate surface area is 141 Å². The Morgan fingerprint density at radius 3 is 2.75 bits per heavy atom. The molecule has 24 heavy (non-hydrogen) atoms. The number of para-hydroxylation sites is 1. The summed E-state index contributed by atoms with van der Waals surface area (Å²) >= 11 is 0. The number of carbonyl (C=O) groups excluding carboxylic acids is 1. The van der Waals surface area contributed by atoms with Crippen molar-refractivity contribution in [3.8, 4) is 0 Å². The van der Waals surface area contributed by atoms with Crippen LogP contribution in [-0.4, -0.2) is 15.7 Å². The molecule has 0 bridgehead atoms. The Morgan fingerprint density at radius 1 is 1.33 bits per heavy atom. The lowest BCUT2D eigenvalue weighted by molar-refractivity contribution is -0.117. The molecule has 1 N–H and O–H groups in total. The van der Waals surface area contributed by atoms with Gasteiger partial charge in [-0.15, -0.1) is 0 Å². The minimum Gasteiger partial charge on any atom is -0.324 e. The van der Waals surface area contributed by atoms with E-state index in [0.29, 0.717) is 5.92 Å². The van der Waals surface area contributed by atoms with Crippen molar-refractivity contribution in [1.82, 2.24) is 9.78 Å². The van der Waals surface area contributed by atoms with Crippen LogP contribution in [0, 0.1) is 19.8 Å². The first-order valence-electron chi connectivity index (χ1n) is 8.40. The summed E-state index contributed by atoms with van der Waals surface area (Å²) in [4.78, 5) is 24.6. The maximum absolute atomic E-state index is 12.3. The average Bonchev–Trinajstić information content (AvgIpc) is 2.52. The van der Waals surface area contributed by atoms with Crippen LogP contribution in [0.5, 0.6) is 0 Å². The molecule has 126 valence electrons. The van der Waals surface area contributed by atoms with Crippen molar-refractivity contribution >= 4 is 11.6 Å². The van der Waals surface area contributed by atoms with E-state index in [4.69, 9.17) is 0 Å². The third-order valence-electron chi connectivity index (χ3n) is 4.65. The van der Waals surface area contributed by atoms with Crippen LogP contribution in [0.15, 0.2) is 29.1 Å². The molecule has 0 aliphatic heterocycles. The number of anilines is 1. The highest BCUT2D eigenvalue weighted by molar-refractivity contribution is 5.92. The average molecular weight is 325 g/mol. The Hall–Kier alpha value is -2.43. The third kappa shape index (κ3) is 3.40. The van der Waals surface area contributed by atoms with E-state index in [2.05, 4.69) is 17.3 Å². The van der Waals surface area contributed by atoms with Crippen LogP contribution in [0.4, 0.5) is 5.69 Å². The second kappa shape index (κ2) is 6.59. The van der Waals surface area contributed by atoms with Gasteiger partial charge in [0.1, 0.15) is 6.54 Å². The molecule has 1 unspecified atom stereocenters. The van der Waals surface area contributed by atoms with Crippen molar-refractivity contribution in [3.05, 3.63) is 57.0 Å². The largest absolute Gasteiger partial charge is 0.324 e. The van der Waals surface area contributed by atoms with E-state index < -0.39 is 0 Å². The number of nitrogens with one attached hydrogen (secondary N) is 1. The predicted octanol–water partition coefficient (Wildman–Crippen LogP) is 2.62. The summed E-state index contributed by atoms with van der Waals surface area (Å²) in [6.07, 6.45) is 2.84. The summed E-state index contributed by atoms with van der Waals surface area (Å²) in [6.45, 7) is 6.03. The molecule has 0 spiro atoms. The molecule has 0 saturated carbocycles. The number of hydrogen-bond donors (Lipinski definition) is 1. The van der Waals surface area contributed by atoms with Crippen molar-refractivity contribution in [2.24, 2.45) is 5.92 Å². The molecule has 2 aromatic rings. The third-order valence-corrected chi connectivity index (χ3v) is 4.65. The van der Waals surface area contributed by atoms with Gasteiger partial charge in [-0.1, -0.05) is 25.1 Å². The van der Waals surface area contributed by atoms with Gasteiger partial charge in [-0.3, -0.25) is 9.59 Å². The van der Waals surface area contributed by atoms with Gasteiger partial charge in [0.05, 0.1) is 5.69 Å². The van der Waals surface area contributed by atoms with Gasteiger partial charge in [0.15, 0.2) is 0 Å². The second-order valence-corrected chi connectivity index (χ2v) is 6.78.